The standard InChI is InChI=1S/C18H20N4O4/c1-18(2,3)26-17(23)19-11-7-6-8-14-12-20-21(13-14)15-9-4-5-10-16(15)22(24)25/h4-5,9-10,12-13H,7,11H2,1-3H3,(H,19,23). The van der Waals surface area contributed by atoms with Crippen LogP contribution < -0.4 is 5.32 Å². The van der Waals surface area contributed by atoms with Crippen LogP contribution in [-0.2, 0) is 4.74 Å². The average Bonchev–Trinajstić information content (AvgIpc) is 3.01. The quantitative estimate of drug-likeness (QED) is 0.393. The SMILES string of the molecule is CC(C)(C)OC(=O)NCCC#Cc1cnn(-c2ccccc2[N+](=O)[O-])c1. The zero-order valence-electron chi connectivity index (χ0n) is 14.9. The number of ether oxygens (including phenoxy) is 1. The lowest BCUT2D eigenvalue weighted by molar-refractivity contribution is -0.384. The molecule has 0 aliphatic heterocycles. The van der Waals surface area contributed by atoms with Crippen molar-refractivity contribution in [3.63, 3.8) is 0 Å². The number of hydrogen-bond acceptors (Lipinski definition) is 5. The zero-order chi connectivity index (χ0) is 19.2. The van der Waals surface area contributed by atoms with Crippen LogP contribution in [0.2, 0.25) is 0 Å². The monoisotopic (exact) mass is 356 g/mol. The molecule has 0 atom stereocenters. The number of aromatic nitrogens is 2. The molecule has 2 rings (SSSR count). The maximum Gasteiger partial charge on any atom is 0.407 e. The van der Waals surface area contributed by atoms with E-state index in [2.05, 4.69) is 22.3 Å². The number of benzene rings is 1. The van der Waals surface area contributed by atoms with Crippen LogP contribution in [0.4, 0.5) is 10.5 Å². The summed E-state index contributed by atoms with van der Waals surface area (Å²) in [6.45, 7) is 5.74. The van der Waals surface area contributed by atoms with Crippen LogP contribution in [-0.4, -0.2) is 32.9 Å². The lowest BCUT2D eigenvalue weighted by Crippen LogP contribution is -2.32. The Balaban J connectivity index is 1.93. The number of rotatable bonds is 4. The van der Waals surface area contributed by atoms with Crippen LogP contribution in [0.15, 0.2) is 36.7 Å². The van der Waals surface area contributed by atoms with Crippen LogP contribution >= 0.6 is 0 Å². The average molecular weight is 356 g/mol. The largest absolute Gasteiger partial charge is 0.444 e. The van der Waals surface area contributed by atoms with Gasteiger partial charge in [-0.1, -0.05) is 24.0 Å². The van der Waals surface area contributed by atoms with E-state index in [4.69, 9.17) is 4.74 Å². The van der Waals surface area contributed by atoms with Crippen molar-refractivity contribution in [1.82, 2.24) is 15.1 Å². The topological polar surface area (TPSA) is 99.3 Å². The number of nitro groups is 1. The van der Waals surface area contributed by atoms with Crippen LogP contribution in [0, 0.1) is 22.0 Å². The zero-order valence-corrected chi connectivity index (χ0v) is 14.9. The first-order chi connectivity index (χ1) is 12.3. The molecule has 0 unspecified atom stereocenters. The van der Waals surface area contributed by atoms with Crippen molar-refractivity contribution >= 4 is 11.8 Å². The highest BCUT2D eigenvalue weighted by atomic mass is 16.6. The minimum absolute atomic E-state index is 0.0309. The van der Waals surface area contributed by atoms with Crippen LogP contribution in [0.25, 0.3) is 5.69 Å². The molecule has 1 amide bonds. The summed E-state index contributed by atoms with van der Waals surface area (Å²) in [6.07, 6.45) is 3.11. The van der Waals surface area contributed by atoms with E-state index in [9.17, 15) is 14.9 Å². The molecule has 8 heteroatoms. The fraction of sp³-hybridized carbons (Fsp3) is 0.333. The van der Waals surface area contributed by atoms with Gasteiger partial charge >= 0.3 is 6.09 Å². The molecule has 0 saturated heterocycles. The van der Waals surface area contributed by atoms with Crippen LogP contribution in [0.5, 0.6) is 0 Å². The molecule has 0 aliphatic carbocycles. The molecule has 1 aromatic heterocycles. The molecule has 1 N–H and O–H groups in total. The van der Waals surface area contributed by atoms with E-state index in [-0.39, 0.29) is 5.69 Å². The van der Waals surface area contributed by atoms with E-state index in [1.807, 2.05) is 0 Å². The summed E-state index contributed by atoms with van der Waals surface area (Å²) in [6, 6.07) is 6.35. The molecule has 2 aromatic rings. The fourth-order valence-corrected chi connectivity index (χ4v) is 2.04. The number of hydrogen-bond donors (Lipinski definition) is 1. The summed E-state index contributed by atoms with van der Waals surface area (Å²) in [4.78, 5) is 22.1. The Bertz CT molecular complexity index is 856. The van der Waals surface area contributed by atoms with Gasteiger partial charge < -0.3 is 10.1 Å². The molecule has 8 nitrogen and oxygen atoms in total. The Hall–Kier alpha value is -3.34. The Morgan fingerprint density at radius 2 is 2.12 bits per heavy atom. The predicted octanol–water partition coefficient (Wildman–Crippen LogP) is 3.05. The first-order valence-electron chi connectivity index (χ1n) is 8.00. The minimum atomic E-state index is -0.537. The predicted molar refractivity (Wildman–Crippen MR) is 96.0 cm³/mol. The summed E-state index contributed by atoms with van der Waals surface area (Å²) < 4.78 is 6.54. The molecule has 0 bridgehead atoms. The van der Waals surface area contributed by atoms with Crippen LogP contribution in [0.1, 0.15) is 32.8 Å². The highest BCUT2D eigenvalue weighted by Crippen LogP contribution is 2.21. The number of carbonyl (C=O) groups is 1. The number of amides is 1. The Kier molecular flexibility index (Phi) is 5.96. The summed E-state index contributed by atoms with van der Waals surface area (Å²) in [5.41, 5.74) is 0.430. The van der Waals surface area contributed by atoms with Crippen LogP contribution in [0.3, 0.4) is 0 Å². The van der Waals surface area contributed by atoms with Gasteiger partial charge in [-0.05, 0) is 26.8 Å². The smallest absolute Gasteiger partial charge is 0.407 e. The molecule has 0 radical (unpaired) electrons. The molecule has 1 aromatic carbocycles. The fourth-order valence-electron chi connectivity index (χ4n) is 2.04. The number of nitrogens with one attached hydrogen (secondary N) is 1. The second kappa shape index (κ2) is 8.16. The first-order valence-corrected chi connectivity index (χ1v) is 8.00. The van der Waals surface area contributed by atoms with E-state index in [0.717, 1.165) is 0 Å². The van der Waals surface area contributed by atoms with Crippen molar-refractivity contribution in [2.24, 2.45) is 0 Å². The van der Waals surface area contributed by atoms with E-state index < -0.39 is 16.6 Å². The van der Waals surface area contributed by atoms with E-state index in [1.54, 1.807) is 45.2 Å². The first kappa shape index (κ1) is 19.0. The summed E-state index contributed by atoms with van der Waals surface area (Å²) in [5.74, 6) is 5.82. The molecule has 26 heavy (non-hydrogen) atoms. The molecular weight excluding hydrogens is 336 g/mol. The van der Waals surface area contributed by atoms with Gasteiger partial charge in [0.2, 0.25) is 0 Å². The molecular formula is C18H20N4O4. The van der Waals surface area contributed by atoms with E-state index in [0.29, 0.717) is 24.2 Å². The molecule has 0 spiro atoms. The Labute approximate surface area is 151 Å². The van der Waals surface area contributed by atoms with Crippen molar-refractivity contribution in [3.8, 4) is 17.5 Å². The van der Waals surface area contributed by atoms with Crippen molar-refractivity contribution in [2.75, 3.05) is 6.54 Å². The lowest BCUT2D eigenvalue weighted by Gasteiger charge is -2.19. The molecule has 0 aliphatic rings. The van der Waals surface area contributed by atoms with Gasteiger partial charge in [0.25, 0.3) is 5.69 Å². The number of alkyl carbamates (subject to hydrolysis) is 1. The third kappa shape index (κ3) is 5.63. The van der Waals surface area contributed by atoms with Crippen molar-refractivity contribution in [2.45, 2.75) is 32.8 Å². The van der Waals surface area contributed by atoms with Crippen molar-refractivity contribution < 1.29 is 14.5 Å². The maximum absolute atomic E-state index is 11.5. The van der Waals surface area contributed by atoms with Gasteiger partial charge in [0.15, 0.2) is 0 Å². The second-order valence-corrected chi connectivity index (χ2v) is 6.40. The van der Waals surface area contributed by atoms with Gasteiger partial charge in [0.05, 0.1) is 16.7 Å². The Morgan fingerprint density at radius 3 is 2.81 bits per heavy atom. The summed E-state index contributed by atoms with van der Waals surface area (Å²) in [7, 11) is 0. The molecule has 136 valence electrons. The maximum atomic E-state index is 11.5. The number of para-hydroxylation sites is 2. The van der Waals surface area contributed by atoms with E-state index >= 15 is 0 Å². The van der Waals surface area contributed by atoms with Gasteiger partial charge in [-0.2, -0.15) is 5.10 Å². The van der Waals surface area contributed by atoms with Gasteiger partial charge in [0, 0.05) is 25.2 Å². The number of carbonyl (C=O) groups excluding carboxylic acids is 1. The number of nitro benzene ring substituents is 1. The van der Waals surface area contributed by atoms with Gasteiger partial charge in [0.1, 0.15) is 11.3 Å². The molecule has 1 heterocycles. The Morgan fingerprint density at radius 1 is 1.38 bits per heavy atom. The van der Waals surface area contributed by atoms with Gasteiger partial charge in [-0.15, -0.1) is 0 Å². The van der Waals surface area contributed by atoms with E-state index in [1.165, 1.54) is 16.9 Å². The van der Waals surface area contributed by atoms with Crippen molar-refractivity contribution in [1.29, 1.82) is 0 Å². The third-order valence-corrected chi connectivity index (χ3v) is 3.06. The minimum Gasteiger partial charge on any atom is -0.444 e. The highest BCUT2D eigenvalue weighted by molar-refractivity contribution is 5.67. The van der Waals surface area contributed by atoms with Gasteiger partial charge in [-0.3, -0.25) is 10.1 Å². The van der Waals surface area contributed by atoms with Gasteiger partial charge in [-0.25, -0.2) is 9.48 Å². The van der Waals surface area contributed by atoms with Crippen molar-refractivity contribution in [3.05, 3.63) is 52.3 Å². The molecule has 0 saturated carbocycles. The lowest BCUT2D eigenvalue weighted by atomic mass is 10.2. The normalized spacial score (nSPS) is 10.6. The third-order valence-electron chi connectivity index (χ3n) is 3.06. The second-order valence-electron chi connectivity index (χ2n) is 6.40. The summed E-state index contributed by atoms with van der Waals surface area (Å²) >= 11 is 0. The highest BCUT2D eigenvalue weighted by Gasteiger charge is 2.15. The number of nitrogens with zero attached hydrogens (tertiary/aromatic N) is 3. The molecule has 0 fully saturated rings. The summed E-state index contributed by atoms with van der Waals surface area (Å²) in [5, 5.41) is 17.8.